The molecule has 0 bridgehead atoms. The van der Waals surface area contributed by atoms with E-state index in [0.29, 0.717) is 25.1 Å². The topological polar surface area (TPSA) is 86.9 Å². The summed E-state index contributed by atoms with van der Waals surface area (Å²) in [6.45, 7) is 5.83. The van der Waals surface area contributed by atoms with Crippen LogP contribution in [0.1, 0.15) is 48.3 Å². The van der Waals surface area contributed by atoms with Gasteiger partial charge in [-0.15, -0.1) is 6.58 Å². The Kier molecular flexibility index (Phi) is 4.77. The van der Waals surface area contributed by atoms with Crippen molar-refractivity contribution in [3.05, 3.63) is 30.1 Å². The zero-order chi connectivity index (χ0) is 15.3. The summed E-state index contributed by atoms with van der Waals surface area (Å²) in [4.78, 5) is 24.8. The van der Waals surface area contributed by atoms with Gasteiger partial charge in [0, 0.05) is 12.2 Å². The van der Waals surface area contributed by atoms with Gasteiger partial charge in [-0.25, -0.2) is 0 Å². The van der Waals surface area contributed by atoms with Crippen molar-refractivity contribution in [2.45, 2.75) is 44.6 Å². The number of aromatic nitrogens is 2. The van der Waals surface area contributed by atoms with Gasteiger partial charge in [0.25, 0.3) is 5.91 Å². The summed E-state index contributed by atoms with van der Waals surface area (Å²) in [6, 6.07) is 1.67. The number of aryl methyl sites for hydroxylation is 1. The fourth-order valence-electron chi connectivity index (χ4n) is 2.71. The Balaban J connectivity index is 2.13. The van der Waals surface area contributed by atoms with Crippen molar-refractivity contribution in [3.63, 3.8) is 0 Å². The second-order valence-electron chi connectivity index (χ2n) is 5.53. The molecule has 0 aliphatic heterocycles. The highest BCUT2D eigenvalue weighted by molar-refractivity contribution is 5.98. The number of hydrogen-bond acceptors (Lipinski definition) is 3. The minimum Gasteiger partial charge on any atom is -0.351 e. The number of nitrogens with one attached hydrogen (secondary N) is 3. The van der Waals surface area contributed by atoms with E-state index in [1.165, 1.54) is 0 Å². The number of aromatic amines is 1. The van der Waals surface area contributed by atoms with E-state index in [9.17, 15) is 9.59 Å². The van der Waals surface area contributed by atoms with Crippen LogP contribution in [-0.4, -0.2) is 34.1 Å². The molecular formula is C15H22N4O2. The molecule has 0 atom stereocenters. The molecule has 0 spiro atoms. The monoisotopic (exact) mass is 290 g/mol. The second-order valence-corrected chi connectivity index (χ2v) is 5.53. The first kappa shape index (κ1) is 15.3. The minimum absolute atomic E-state index is 0.136. The predicted octanol–water partition coefficient (Wildman–Crippen LogP) is 1.45. The van der Waals surface area contributed by atoms with E-state index in [4.69, 9.17) is 0 Å². The maximum Gasteiger partial charge on any atom is 0.272 e. The largest absolute Gasteiger partial charge is 0.351 e. The Hall–Kier alpha value is -2.11. The van der Waals surface area contributed by atoms with E-state index in [0.717, 1.165) is 25.0 Å². The zero-order valence-electron chi connectivity index (χ0n) is 12.4. The van der Waals surface area contributed by atoms with Crippen LogP contribution in [0.3, 0.4) is 0 Å². The van der Waals surface area contributed by atoms with Gasteiger partial charge in [0.1, 0.15) is 11.2 Å². The lowest BCUT2D eigenvalue weighted by Crippen LogP contribution is -2.59. The van der Waals surface area contributed by atoms with Crippen LogP contribution in [-0.2, 0) is 4.79 Å². The lowest BCUT2D eigenvalue weighted by molar-refractivity contribution is -0.128. The molecule has 0 unspecified atom stereocenters. The first-order valence-corrected chi connectivity index (χ1v) is 7.31. The number of rotatable bonds is 5. The highest BCUT2D eigenvalue weighted by atomic mass is 16.2. The van der Waals surface area contributed by atoms with Gasteiger partial charge in [-0.1, -0.05) is 25.3 Å². The summed E-state index contributed by atoms with van der Waals surface area (Å²) in [5, 5.41) is 12.4. The molecule has 1 saturated carbocycles. The van der Waals surface area contributed by atoms with Gasteiger partial charge in [-0.05, 0) is 25.8 Å². The van der Waals surface area contributed by atoms with E-state index in [1.807, 2.05) is 6.92 Å². The van der Waals surface area contributed by atoms with Gasteiger partial charge in [0.15, 0.2) is 0 Å². The molecule has 0 saturated heterocycles. The summed E-state index contributed by atoms with van der Waals surface area (Å²) < 4.78 is 0. The Morgan fingerprint density at radius 1 is 1.43 bits per heavy atom. The molecule has 3 N–H and O–H groups in total. The highest BCUT2D eigenvalue weighted by Crippen LogP contribution is 2.28. The van der Waals surface area contributed by atoms with Crippen LogP contribution in [0.15, 0.2) is 18.7 Å². The van der Waals surface area contributed by atoms with E-state index in [1.54, 1.807) is 12.1 Å². The van der Waals surface area contributed by atoms with Crippen LogP contribution in [0.4, 0.5) is 0 Å². The molecule has 114 valence electrons. The van der Waals surface area contributed by atoms with Gasteiger partial charge < -0.3 is 10.6 Å². The third kappa shape index (κ3) is 3.51. The van der Waals surface area contributed by atoms with Crippen molar-refractivity contribution in [1.29, 1.82) is 0 Å². The molecule has 1 fully saturated rings. The third-order valence-electron chi connectivity index (χ3n) is 3.84. The lowest BCUT2D eigenvalue weighted by Gasteiger charge is -2.36. The Bertz CT molecular complexity index is 530. The van der Waals surface area contributed by atoms with E-state index in [2.05, 4.69) is 27.4 Å². The quantitative estimate of drug-likeness (QED) is 0.717. The SMILES string of the molecule is C=CCNC(=O)C1(NC(=O)c2cc(C)[nH]n2)CCCCC1. The summed E-state index contributed by atoms with van der Waals surface area (Å²) in [6.07, 6.45) is 5.90. The summed E-state index contributed by atoms with van der Waals surface area (Å²) in [5.74, 6) is -0.447. The summed E-state index contributed by atoms with van der Waals surface area (Å²) >= 11 is 0. The molecular weight excluding hydrogens is 268 g/mol. The molecule has 2 rings (SSSR count). The summed E-state index contributed by atoms with van der Waals surface area (Å²) in [5.41, 5.74) is 0.300. The molecule has 1 aromatic rings. The van der Waals surface area contributed by atoms with Crippen LogP contribution in [0, 0.1) is 6.92 Å². The van der Waals surface area contributed by atoms with Crippen molar-refractivity contribution in [2.24, 2.45) is 0 Å². The van der Waals surface area contributed by atoms with Crippen molar-refractivity contribution in [1.82, 2.24) is 20.8 Å². The molecule has 0 radical (unpaired) electrons. The first-order valence-electron chi connectivity index (χ1n) is 7.31. The van der Waals surface area contributed by atoms with Gasteiger partial charge in [-0.3, -0.25) is 14.7 Å². The zero-order valence-corrected chi connectivity index (χ0v) is 12.4. The van der Waals surface area contributed by atoms with Gasteiger partial charge in [0.2, 0.25) is 5.91 Å². The maximum absolute atomic E-state index is 12.4. The molecule has 1 aliphatic carbocycles. The fraction of sp³-hybridized carbons (Fsp3) is 0.533. The van der Waals surface area contributed by atoms with E-state index < -0.39 is 5.54 Å². The molecule has 0 aromatic carbocycles. The van der Waals surface area contributed by atoms with Crippen LogP contribution >= 0.6 is 0 Å². The van der Waals surface area contributed by atoms with Crippen molar-refractivity contribution in [2.75, 3.05) is 6.54 Å². The van der Waals surface area contributed by atoms with Crippen molar-refractivity contribution < 1.29 is 9.59 Å². The lowest BCUT2D eigenvalue weighted by atomic mass is 9.80. The van der Waals surface area contributed by atoms with Crippen LogP contribution in [0.2, 0.25) is 0 Å². The Morgan fingerprint density at radius 2 is 2.14 bits per heavy atom. The smallest absolute Gasteiger partial charge is 0.272 e. The van der Waals surface area contributed by atoms with E-state index >= 15 is 0 Å². The molecule has 1 heterocycles. The standard InChI is InChI=1S/C15H22N4O2/c1-3-9-16-14(21)15(7-5-4-6-8-15)17-13(20)12-10-11(2)18-19-12/h3,10H,1,4-9H2,2H3,(H,16,21)(H,17,20)(H,18,19). The van der Waals surface area contributed by atoms with Crippen LogP contribution < -0.4 is 10.6 Å². The Labute approximate surface area is 124 Å². The number of nitrogens with zero attached hydrogens (tertiary/aromatic N) is 1. The minimum atomic E-state index is -0.828. The van der Waals surface area contributed by atoms with Crippen LogP contribution in [0.25, 0.3) is 0 Å². The number of H-pyrrole nitrogens is 1. The van der Waals surface area contributed by atoms with Crippen LogP contribution in [0.5, 0.6) is 0 Å². The average molecular weight is 290 g/mol. The van der Waals surface area contributed by atoms with Gasteiger partial charge >= 0.3 is 0 Å². The summed E-state index contributed by atoms with van der Waals surface area (Å²) in [7, 11) is 0. The fourth-order valence-corrected chi connectivity index (χ4v) is 2.71. The third-order valence-corrected chi connectivity index (χ3v) is 3.84. The molecule has 1 aliphatic rings. The second kappa shape index (κ2) is 6.56. The molecule has 6 heteroatoms. The number of carbonyl (C=O) groups excluding carboxylic acids is 2. The first-order chi connectivity index (χ1) is 10.1. The molecule has 1 aromatic heterocycles. The predicted molar refractivity (Wildman–Crippen MR) is 79.8 cm³/mol. The van der Waals surface area contributed by atoms with Crippen molar-refractivity contribution >= 4 is 11.8 Å². The number of amides is 2. The van der Waals surface area contributed by atoms with Gasteiger partial charge in [0.05, 0.1) is 0 Å². The number of carbonyl (C=O) groups is 2. The molecule has 2 amide bonds. The molecule has 6 nitrogen and oxygen atoms in total. The normalized spacial score (nSPS) is 17.0. The average Bonchev–Trinajstić information content (AvgIpc) is 2.92. The number of hydrogen-bond donors (Lipinski definition) is 3. The van der Waals surface area contributed by atoms with Gasteiger partial charge in [-0.2, -0.15) is 5.10 Å². The molecule has 21 heavy (non-hydrogen) atoms. The maximum atomic E-state index is 12.4. The van der Waals surface area contributed by atoms with E-state index in [-0.39, 0.29) is 11.8 Å². The highest BCUT2D eigenvalue weighted by Gasteiger charge is 2.41. The van der Waals surface area contributed by atoms with Crippen molar-refractivity contribution in [3.8, 4) is 0 Å². The Morgan fingerprint density at radius 3 is 2.71 bits per heavy atom.